The summed E-state index contributed by atoms with van der Waals surface area (Å²) in [6.07, 6.45) is 3.49. The van der Waals surface area contributed by atoms with Gasteiger partial charge in [-0.1, -0.05) is 57.8 Å². The van der Waals surface area contributed by atoms with E-state index in [1.807, 2.05) is 24.3 Å². The van der Waals surface area contributed by atoms with Crippen molar-refractivity contribution in [3.05, 3.63) is 34.9 Å². The minimum absolute atomic E-state index is 0.0807. The van der Waals surface area contributed by atoms with Gasteiger partial charge < -0.3 is 5.11 Å². The summed E-state index contributed by atoms with van der Waals surface area (Å²) in [4.78, 5) is 0. The second-order valence-electron chi connectivity index (χ2n) is 5.82. The van der Waals surface area contributed by atoms with Crippen molar-refractivity contribution >= 4 is 11.6 Å². The number of hydrogen-bond acceptors (Lipinski definition) is 1. The Labute approximate surface area is 116 Å². The monoisotopic (exact) mass is 268 g/mol. The Bertz CT molecular complexity index is 369. The molecule has 102 valence electrons. The average molecular weight is 269 g/mol. The second kappa shape index (κ2) is 6.08. The molecule has 0 saturated carbocycles. The van der Waals surface area contributed by atoms with Crippen LogP contribution in [0.15, 0.2) is 24.3 Å². The van der Waals surface area contributed by atoms with E-state index in [-0.39, 0.29) is 5.41 Å². The van der Waals surface area contributed by atoms with Crippen LogP contribution in [0.1, 0.15) is 52.5 Å². The summed E-state index contributed by atoms with van der Waals surface area (Å²) < 4.78 is 0. The third-order valence-electron chi connectivity index (χ3n) is 4.22. The molecule has 1 unspecified atom stereocenters. The highest BCUT2D eigenvalue weighted by atomic mass is 35.5. The smallest absolute Gasteiger partial charge is 0.0738 e. The molecule has 0 aliphatic rings. The lowest BCUT2D eigenvalue weighted by atomic mass is 9.68. The summed E-state index contributed by atoms with van der Waals surface area (Å²) in [7, 11) is 0. The van der Waals surface area contributed by atoms with Gasteiger partial charge in [-0.3, -0.25) is 0 Å². The highest BCUT2D eigenvalue weighted by molar-refractivity contribution is 6.30. The first-order chi connectivity index (χ1) is 8.34. The van der Waals surface area contributed by atoms with Gasteiger partial charge in [0.15, 0.2) is 0 Å². The molecule has 1 N–H and O–H groups in total. The molecule has 0 spiro atoms. The van der Waals surface area contributed by atoms with Crippen LogP contribution in [-0.2, 0) is 6.42 Å². The van der Waals surface area contributed by atoms with Gasteiger partial charge >= 0.3 is 0 Å². The van der Waals surface area contributed by atoms with E-state index in [0.717, 1.165) is 29.8 Å². The molecule has 18 heavy (non-hydrogen) atoms. The first kappa shape index (κ1) is 15.5. The lowest BCUT2D eigenvalue weighted by Crippen LogP contribution is -2.46. The zero-order chi connectivity index (χ0) is 13.8. The molecular formula is C16H25ClO. The van der Waals surface area contributed by atoms with Gasteiger partial charge in [-0.15, -0.1) is 0 Å². The van der Waals surface area contributed by atoms with Gasteiger partial charge in [0, 0.05) is 11.4 Å². The van der Waals surface area contributed by atoms with Crippen LogP contribution in [0.25, 0.3) is 0 Å². The van der Waals surface area contributed by atoms with Gasteiger partial charge in [0.05, 0.1) is 5.60 Å². The Kier molecular flexibility index (Phi) is 5.24. The first-order valence-electron chi connectivity index (χ1n) is 6.81. The third-order valence-corrected chi connectivity index (χ3v) is 4.47. The maximum Gasteiger partial charge on any atom is 0.0738 e. The fraction of sp³-hybridized carbons (Fsp3) is 0.625. The van der Waals surface area contributed by atoms with Crippen molar-refractivity contribution in [1.82, 2.24) is 0 Å². The van der Waals surface area contributed by atoms with Crippen molar-refractivity contribution in [1.29, 1.82) is 0 Å². The van der Waals surface area contributed by atoms with Crippen molar-refractivity contribution < 1.29 is 5.11 Å². The third kappa shape index (κ3) is 3.49. The van der Waals surface area contributed by atoms with E-state index in [2.05, 4.69) is 27.7 Å². The Morgan fingerprint density at radius 1 is 1.11 bits per heavy atom. The number of hydrogen-bond donors (Lipinski definition) is 1. The topological polar surface area (TPSA) is 20.2 Å². The van der Waals surface area contributed by atoms with E-state index in [1.54, 1.807) is 0 Å². The lowest BCUT2D eigenvalue weighted by molar-refractivity contribution is -0.0756. The van der Waals surface area contributed by atoms with E-state index >= 15 is 0 Å². The Hall–Kier alpha value is -0.530. The molecular weight excluding hydrogens is 244 g/mol. The maximum absolute atomic E-state index is 11.0. The van der Waals surface area contributed by atoms with Crippen LogP contribution in [0.4, 0.5) is 0 Å². The average Bonchev–Trinajstić information content (AvgIpc) is 2.32. The van der Waals surface area contributed by atoms with Crippen molar-refractivity contribution in [3.63, 3.8) is 0 Å². The van der Waals surface area contributed by atoms with Crippen LogP contribution >= 0.6 is 11.6 Å². The van der Waals surface area contributed by atoms with E-state index < -0.39 is 5.60 Å². The van der Waals surface area contributed by atoms with Crippen LogP contribution in [0.2, 0.25) is 5.02 Å². The van der Waals surface area contributed by atoms with Gasteiger partial charge in [0.1, 0.15) is 0 Å². The molecule has 0 heterocycles. The van der Waals surface area contributed by atoms with Crippen molar-refractivity contribution in [2.45, 2.75) is 59.0 Å². The van der Waals surface area contributed by atoms with Crippen LogP contribution in [0.3, 0.4) is 0 Å². The normalized spacial score (nSPS) is 15.4. The highest BCUT2D eigenvalue weighted by Crippen LogP contribution is 2.40. The molecule has 0 bridgehead atoms. The van der Waals surface area contributed by atoms with Gasteiger partial charge in [0.2, 0.25) is 0 Å². The summed E-state index contributed by atoms with van der Waals surface area (Å²) in [5.41, 5.74) is 0.421. The van der Waals surface area contributed by atoms with Crippen LogP contribution < -0.4 is 0 Å². The summed E-state index contributed by atoms with van der Waals surface area (Å²) in [5, 5.41) is 11.8. The summed E-state index contributed by atoms with van der Waals surface area (Å²) in [6.45, 7) is 8.57. The number of halogens is 1. The van der Waals surface area contributed by atoms with E-state index in [4.69, 9.17) is 11.6 Å². The SMILES string of the molecule is CCCC(O)(Cc1ccc(Cl)cc1)C(C)(C)CC. The predicted octanol–water partition coefficient (Wildman–Crippen LogP) is 4.85. The molecule has 1 aromatic carbocycles. The fourth-order valence-corrected chi connectivity index (χ4v) is 2.47. The molecule has 0 fully saturated rings. The molecule has 1 atom stereocenters. The minimum Gasteiger partial charge on any atom is -0.389 e. The van der Waals surface area contributed by atoms with Crippen LogP contribution in [0.5, 0.6) is 0 Å². The highest BCUT2D eigenvalue weighted by Gasteiger charge is 2.41. The summed E-state index contributed by atoms with van der Waals surface area (Å²) in [5.74, 6) is 0. The number of aliphatic hydroxyl groups is 1. The first-order valence-corrected chi connectivity index (χ1v) is 7.19. The zero-order valence-electron chi connectivity index (χ0n) is 12.0. The summed E-state index contributed by atoms with van der Waals surface area (Å²) in [6, 6.07) is 7.80. The van der Waals surface area contributed by atoms with Gasteiger partial charge in [-0.25, -0.2) is 0 Å². The van der Waals surface area contributed by atoms with Crippen LogP contribution in [0, 0.1) is 5.41 Å². The van der Waals surface area contributed by atoms with Crippen LogP contribution in [-0.4, -0.2) is 10.7 Å². The molecule has 1 rings (SSSR count). The van der Waals surface area contributed by atoms with Gasteiger partial charge in [0.25, 0.3) is 0 Å². The molecule has 1 aromatic rings. The predicted molar refractivity (Wildman–Crippen MR) is 79.1 cm³/mol. The quantitative estimate of drug-likeness (QED) is 0.782. The van der Waals surface area contributed by atoms with E-state index in [9.17, 15) is 5.11 Å². The Morgan fingerprint density at radius 3 is 2.11 bits per heavy atom. The van der Waals surface area contributed by atoms with E-state index in [1.165, 1.54) is 0 Å². The largest absolute Gasteiger partial charge is 0.389 e. The second-order valence-corrected chi connectivity index (χ2v) is 6.26. The molecule has 0 aliphatic heterocycles. The molecule has 0 aliphatic carbocycles. The molecule has 1 nitrogen and oxygen atoms in total. The Balaban J connectivity index is 2.95. The number of rotatable bonds is 6. The Morgan fingerprint density at radius 2 is 1.67 bits per heavy atom. The molecule has 0 saturated heterocycles. The molecule has 2 heteroatoms. The van der Waals surface area contributed by atoms with Gasteiger partial charge in [-0.2, -0.15) is 0 Å². The maximum atomic E-state index is 11.0. The van der Waals surface area contributed by atoms with Crippen molar-refractivity contribution in [3.8, 4) is 0 Å². The van der Waals surface area contributed by atoms with Crippen molar-refractivity contribution in [2.24, 2.45) is 5.41 Å². The van der Waals surface area contributed by atoms with E-state index in [0.29, 0.717) is 6.42 Å². The standard InChI is InChI=1S/C16H25ClO/c1-5-11-16(18,15(3,4)6-2)12-13-7-9-14(17)10-8-13/h7-10,18H,5-6,11-12H2,1-4H3. The molecule has 0 radical (unpaired) electrons. The molecule has 0 amide bonds. The number of benzene rings is 1. The zero-order valence-corrected chi connectivity index (χ0v) is 12.7. The van der Waals surface area contributed by atoms with Gasteiger partial charge in [-0.05, 0) is 36.0 Å². The lowest BCUT2D eigenvalue weighted by Gasteiger charge is -2.43. The minimum atomic E-state index is -0.648. The fourth-order valence-electron chi connectivity index (χ4n) is 2.35. The van der Waals surface area contributed by atoms with Crippen molar-refractivity contribution in [2.75, 3.05) is 0 Å². The molecule has 0 aromatic heterocycles. The summed E-state index contributed by atoms with van der Waals surface area (Å²) >= 11 is 5.90.